The van der Waals surface area contributed by atoms with Crippen LogP contribution in [0, 0.1) is 17.5 Å². The molecule has 0 unspecified atom stereocenters. The molecule has 0 aliphatic heterocycles. The molecule has 0 fully saturated rings. The van der Waals surface area contributed by atoms with E-state index in [0.717, 1.165) is 18.3 Å². The SMILES string of the molecule is O=C(O)c1cncc(Nc2ccc(F)c(F)c2F)c1. The van der Waals surface area contributed by atoms with Crippen LogP contribution in [0.3, 0.4) is 0 Å². The molecule has 4 nitrogen and oxygen atoms in total. The molecule has 19 heavy (non-hydrogen) atoms. The summed E-state index contributed by atoms with van der Waals surface area (Å²) in [5, 5.41) is 11.2. The van der Waals surface area contributed by atoms with Crippen LogP contribution in [0.2, 0.25) is 0 Å². The molecule has 1 heterocycles. The lowest BCUT2D eigenvalue weighted by atomic mass is 10.2. The molecule has 0 radical (unpaired) electrons. The molecule has 2 N–H and O–H groups in total. The van der Waals surface area contributed by atoms with Crippen LogP contribution in [-0.2, 0) is 0 Å². The van der Waals surface area contributed by atoms with E-state index in [1.165, 1.54) is 12.3 Å². The van der Waals surface area contributed by atoms with Gasteiger partial charge in [-0.3, -0.25) is 4.98 Å². The number of aromatic nitrogens is 1. The van der Waals surface area contributed by atoms with E-state index in [0.29, 0.717) is 0 Å². The normalized spacial score (nSPS) is 10.3. The van der Waals surface area contributed by atoms with Gasteiger partial charge in [0.25, 0.3) is 0 Å². The second-order valence-electron chi connectivity index (χ2n) is 3.62. The molecule has 1 aromatic carbocycles. The van der Waals surface area contributed by atoms with E-state index in [1.807, 2.05) is 0 Å². The summed E-state index contributed by atoms with van der Waals surface area (Å²) in [5.74, 6) is -5.50. The largest absolute Gasteiger partial charge is 0.478 e. The second-order valence-corrected chi connectivity index (χ2v) is 3.62. The molecule has 7 heteroatoms. The number of carbonyl (C=O) groups is 1. The number of benzene rings is 1. The van der Waals surface area contributed by atoms with Crippen molar-refractivity contribution in [2.24, 2.45) is 0 Å². The minimum Gasteiger partial charge on any atom is -0.478 e. The maximum atomic E-state index is 13.4. The number of carboxylic acid groups (broad SMARTS) is 1. The van der Waals surface area contributed by atoms with Gasteiger partial charge in [0.05, 0.1) is 23.1 Å². The maximum Gasteiger partial charge on any atom is 0.337 e. The Morgan fingerprint density at radius 1 is 1.16 bits per heavy atom. The zero-order chi connectivity index (χ0) is 14.0. The minimum atomic E-state index is -1.60. The summed E-state index contributed by atoms with van der Waals surface area (Å²) in [4.78, 5) is 14.4. The Bertz CT molecular complexity index is 647. The number of rotatable bonds is 3. The van der Waals surface area contributed by atoms with Gasteiger partial charge in [-0.15, -0.1) is 0 Å². The van der Waals surface area contributed by atoms with Crippen molar-refractivity contribution in [3.63, 3.8) is 0 Å². The van der Waals surface area contributed by atoms with Crippen molar-refractivity contribution in [1.82, 2.24) is 4.98 Å². The summed E-state index contributed by atoms with van der Waals surface area (Å²) in [6.45, 7) is 0. The van der Waals surface area contributed by atoms with Crippen LogP contribution in [-0.4, -0.2) is 16.1 Å². The molecule has 2 aromatic rings. The van der Waals surface area contributed by atoms with Crippen molar-refractivity contribution < 1.29 is 23.1 Å². The maximum absolute atomic E-state index is 13.4. The van der Waals surface area contributed by atoms with Crippen LogP contribution >= 0.6 is 0 Å². The zero-order valence-corrected chi connectivity index (χ0v) is 9.32. The molecule has 0 atom stereocenters. The average Bonchev–Trinajstić information content (AvgIpc) is 2.40. The predicted molar refractivity (Wildman–Crippen MR) is 60.8 cm³/mol. The summed E-state index contributed by atoms with van der Waals surface area (Å²) >= 11 is 0. The average molecular weight is 268 g/mol. The van der Waals surface area contributed by atoms with Gasteiger partial charge in [-0.1, -0.05) is 0 Å². The van der Waals surface area contributed by atoms with Crippen molar-refractivity contribution >= 4 is 17.3 Å². The molecular weight excluding hydrogens is 261 g/mol. The lowest BCUT2D eigenvalue weighted by Gasteiger charge is -2.08. The number of hydrogen-bond acceptors (Lipinski definition) is 3. The van der Waals surface area contributed by atoms with E-state index in [4.69, 9.17) is 5.11 Å². The Morgan fingerprint density at radius 3 is 2.58 bits per heavy atom. The molecule has 0 saturated heterocycles. The van der Waals surface area contributed by atoms with E-state index >= 15 is 0 Å². The predicted octanol–water partition coefficient (Wildman–Crippen LogP) is 2.94. The summed E-state index contributed by atoms with van der Waals surface area (Å²) in [6.07, 6.45) is 2.34. The first-order valence-electron chi connectivity index (χ1n) is 5.08. The number of hydrogen-bond donors (Lipinski definition) is 2. The molecular formula is C12H7F3N2O2. The minimum absolute atomic E-state index is 0.118. The van der Waals surface area contributed by atoms with Gasteiger partial charge >= 0.3 is 5.97 Å². The number of carboxylic acids is 1. The van der Waals surface area contributed by atoms with Gasteiger partial charge in [0, 0.05) is 6.20 Å². The van der Waals surface area contributed by atoms with Crippen LogP contribution in [0.4, 0.5) is 24.5 Å². The van der Waals surface area contributed by atoms with Crippen molar-refractivity contribution in [2.75, 3.05) is 5.32 Å². The van der Waals surface area contributed by atoms with Crippen molar-refractivity contribution in [2.45, 2.75) is 0 Å². The molecule has 0 aliphatic carbocycles. The smallest absolute Gasteiger partial charge is 0.337 e. The second kappa shape index (κ2) is 4.97. The van der Waals surface area contributed by atoms with Gasteiger partial charge in [0.15, 0.2) is 17.5 Å². The Morgan fingerprint density at radius 2 is 1.89 bits per heavy atom. The molecule has 1 aromatic heterocycles. The number of nitrogens with one attached hydrogen (secondary N) is 1. The van der Waals surface area contributed by atoms with Crippen molar-refractivity contribution in [3.05, 3.63) is 53.6 Å². The Labute approximate surface area is 105 Å². The van der Waals surface area contributed by atoms with Gasteiger partial charge in [-0.2, -0.15) is 0 Å². The van der Waals surface area contributed by atoms with Crippen LogP contribution in [0.1, 0.15) is 10.4 Å². The summed E-state index contributed by atoms with van der Waals surface area (Å²) in [7, 11) is 0. The van der Waals surface area contributed by atoms with Crippen molar-refractivity contribution in [1.29, 1.82) is 0 Å². The van der Waals surface area contributed by atoms with Crippen molar-refractivity contribution in [3.8, 4) is 0 Å². The van der Waals surface area contributed by atoms with Gasteiger partial charge < -0.3 is 10.4 Å². The summed E-state index contributed by atoms with van der Waals surface area (Å²) < 4.78 is 39.1. The number of anilines is 2. The number of halogens is 3. The molecule has 0 saturated carbocycles. The van der Waals surface area contributed by atoms with E-state index in [9.17, 15) is 18.0 Å². The topological polar surface area (TPSA) is 62.2 Å². The first-order valence-corrected chi connectivity index (χ1v) is 5.08. The third kappa shape index (κ3) is 2.65. The summed E-state index contributed by atoms with van der Waals surface area (Å²) in [6, 6.07) is 2.95. The first kappa shape index (κ1) is 12.9. The fraction of sp³-hybridized carbons (Fsp3) is 0. The van der Waals surface area contributed by atoms with Crippen LogP contribution in [0.25, 0.3) is 0 Å². The third-order valence-corrected chi connectivity index (χ3v) is 2.30. The highest BCUT2D eigenvalue weighted by Gasteiger charge is 2.14. The monoisotopic (exact) mass is 268 g/mol. The van der Waals surface area contributed by atoms with E-state index in [-0.39, 0.29) is 16.9 Å². The van der Waals surface area contributed by atoms with Crippen LogP contribution in [0.15, 0.2) is 30.6 Å². The highest BCUT2D eigenvalue weighted by molar-refractivity contribution is 5.88. The molecule has 0 bridgehead atoms. The third-order valence-electron chi connectivity index (χ3n) is 2.30. The fourth-order valence-electron chi connectivity index (χ4n) is 1.40. The molecule has 0 spiro atoms. The van der Waals surface area contributed by atoms with Gasteiger partial charge in [0.2, 0.25) is 0 Å². The number of nitrogens with zero attached hydrogens (tertiary/aromatic N) is 1. The Kier molecular flexibility index (Phi) is 3.37. The standard InChI is InChI=1S/C12H7F3N2O2/c13-8-1-2-9(11(15)10(8)14)17-7-3-6(12(18)19)4-16-5-7/h1-5,17H,(H,18,19). The quantitative estimate of drug-likeness (QED) is 0.840. The van der Waals surface area contributed by atoms with E-state index in [2.05, 4.69) is 10.3 Å². The highest BCUT2D eigenvalue weighted by Crippen LogP contribution is 2.23. The highest BCUT2D eigenvalue weighted by atomic mass is 19.2. The molecule has 2 rings (SSSR count). The molecule has 98 valence electrons. The first-order chi connectivity index (χ1) is 8.99. The fourth-order valence-corrected chi connectivity index (χ4v) is 1.40. The Hall–Kier alpha value is -2.57. The Balaban J connectivity index is 2.34. The van der Waals surface area contributed by atoms with Crippen LogP contribution < -0.4 is 5.32 Å². The zero-order valence-electron chi connectivity index (χ0n) is 9.32. The van der Waals surface area contributed by atoms with Crippen LogP contribution in [0.5, 0.6) is 0 Å². The summed E-state index contributed by atoms with van der Waals surface area (Å²) in [5.41, 5.74) is -0.291. The van der Waals surface area contributed by atoms with E-state index < -0.39 is 23.4 Å². The van der Waals surface area contributed by atoms with Gasteiger partial charge in [-0.05, 0) is 18.2 Å². The number of aromatic carboxylic acids is 1. The number of pyridine rings is 1. The lowest BCUT2D eigenvalue weighted by Crippen LogP contribution is -2.02. The van der Waals surface area contributed by atoms with E-state index in [1.54, 1.807) is 0 Å². The van der Waals surface area contributed by atoms with Gasteiger partial charge in [0.1, 0.15) is 0 Å². The lowest BCUT2D eigenvalue weighted by molar-refractivity contribution is 0.0696. The van der Waals surface area contributed by atoms with Gasteiger partial charge in [-0.25, -0.2) is 18.0 Å². The molecule has 0 amide bonds. The molecule has 0 aliphatic rings.